The third-order valence-electron chi connectivity index (χ3n) is 4.60. The average Bonchev–Trinajstić information content (AvgIpc) is 3.34. The number of carbonyl (C=O) groups excluding carboxylic acids is 1. The molecule has 0 atom stereocenters. The maximum Gasteiger partial charge on any atom is 0.244 e. The summed E-state index contributed by atoms with van der Waals surface area (Å²) in [6, 6.07) is 14.2. The lowest BCUT2D eigenvalue weighted by atomic mass is 10.1. The van der Waals surface area contributed by atoms with Crippen LogP contribution in [0, 0.1) is 13.8 Å². The highest BCUT2D eigenvalue weighted by Gasteiger charge is 2.30. The van der Waals surface area contributed by atoms with Gasteiger partial charge in [-0.15, -0.1) is 0 Å². The van der Waals surface area contributed by atoms with Crippen LogP contribution >= 0.6 is 0 Å². The van der Waals surface area contributed by atoms with E-state index in [1.54, 1.807) is 0 Å². The van der Waals surface area contributed by atoms with E-state index in [1.807, 2.05) is 50.2 Å². The fourth-order valence-electron chi connectivity index (χ4n) is 3.12. The summed E-state index contributed by atoms with van der Waals surface area (Å²) in [5.74, 6) is 1.55. The molecule has 1 amide bonds. The molecule has 0 saturated heterocycles. The van der Waals surface area contributed by atoms with Crippen LogP contribution in [0.4, 0.5) is 5.69 Å². The molecule has 1 aliphatic rings. The zero-order valence-electron chi connectivity index (χ0n) is 14.0. The smallest absolute Gasteiger partial charge is 0.244 e. The molecule has 1 saturated carbocycles. The largest absolute Gasteiger partial charge is 0.324 e. The van der Waals surface area contributed by atoms with E-state index in [1.165, 1.54) is 12.8 Å². The van der Waals surface area contributed by atoms with Crippen molar-refractivity contribution in [3.8, 4) is 0 Å². The van der Waals surface area contributed by atoms with Crippen LogP contribution < -0.4 is 5.32 Å². The quantitative estimate of drug-likeness (QED) is 0.784. The monoisotopic (exact) mass is 319 g/mol. The van der Waals surface area contributed by atoms with Crippen LogP contribution in [0.5, 0.6) is 0 Å². The number of rotatable bonds is 4. The van der Waals surface area contributed by atoms with Crippen LogP contribution in [-0.2, 0) is 11.3 Å². The molecule has 1 N–H and O–H groups in total. The van der Waals surface area contributed by atoms with Crippen molar-refractivity contribution in [2.24, 2.45) is 0 Å². The Kier molecular flexibility index (Phi) is 3.60. The number of hydrogen-bond donors (Lipinski definition) is 1. The second kappa shape index (κ2) is 5.78. The van der Waals surface area contributed by atoms with E-state index in [-0.39, 0.29) is 5.91 Å². The van der Waals surface area contributed by atoms with Crippen molar-refractivity contribution in [2.75, 3.05) is 5.32 Å². The van der Waals surface area contributed by atoms with Gasteiger partial charge in [-0.1, -0.05) is 24.3 Å². The van der Waals surface area contributed by atoms with Gasteiger partial charge >= 0.3 is 0 Å². The Morgan fingerprint density at radius 3 is 2.79 bits per heavy atom. The number of nitrogens with one attached hydrogen (secondary N) is 1. The fraction of sp³-hybridized carbons (Fsp3) is 0.300. The summed E-state index contributed by atoms with van der Waals surface area (Å²) in [6.45, 7) is 4.35. The van der Waals surface area contributed by atoms with Gasteiger partial charge in [0.1, 0.15) is 12.4 Å². The molecule has 0 radical (unpaired) electrons. The highest BCUT2D eigenvalue weighted by Crippen LogP contribution is 2.40. The maximum atomic E-state index is 12.6. The first-order valence-electron chi connectivity index (χ1n) is 8.44. The molecule has 1 fully saturated rings. The molecule has 1 aromatic heterocycles. The molecule has 24 heavy (non-hydrogen) atoms. The second-order valence-corrected chi connectivity index (χ2v) is 6.69. The highest BCUT2D eigenvalue weighted by molar-refractivity contribution is 5.92. The molecule has 0 spiro atoms. The van der Waals surface area contributed by atoms with Crippen molar-refractivity contribution >= 4 is 22.6 Å². The number of nitrogens with zero attached hydrogens (tertiary/aromatic N) is 2. The van der Waals surface area contributed by atoms with Gasteiger partial charge in [0.2, 0.25) is 5.91 Å². The van der Waals surface area contributed by atoms with Crippen molar-refractivity contribution in [3.63, 3.8) is 0 Å². The van der Waals surface area contributed by atoms with Crippen molar-refractivity contribution < 1.29 is 4.79 Å². The number of imidazole rings is 1. The van der Waals surface area contributed by atoms with Crippen molar-refractivity contribution in [1.29, 1.82) is 0 Å². The molecular formula is C20H21N3O. The molecule has 1 heterocycles. The molecule has 4 nitrogen and oxygen atoms in total. The summed E-state index contributed by atoms with van der Waals surface area (Å²) in [7, 11) is 0. The molecule has 0 unspecified atom stereocenters. The Labute approximate surface area is 141 Å². The first-order chi connectivity index (χ1) is 11.6. The summed E-state index contributed by atoms with van der Waals surface area (Å²) >= 11 is 0. The molecule has 4 rings (SSSR count). The lowest BCUT2D eigenvalue weighted by Crippen LogP contribution is -2.20. The van der Waals surface area contributed by atoms with Gasteiger partial charge in [-0.3, -0.25) is 4.79 Å². The summed E-state index contributed by atoms with van der Waals surface area (Å²) in [6.07, 6.45) is 2.34. The van der Waals surface area contributed by atoms with E-state index in [0.717, 1.165) is 33.7 Å². The molecule has 1 aliphatic carbocycles. The fourth-order valence-corrected chi connectivity index (χ4v) is 3.12. The Hall–Kier alpha value is -2.62. The summed E-state index contributed by atoms with van der Waals surface area (Å²) < 4.78 is 2.08. The van der Waals surface area contributed by atoms with E-state index in [4.69, 9.17) is 4.98 Å². The van der Waals surface area contributed by atoms with Gasteiger partial charge in [0.05, 0.1) is 11.0 Å². The summed E-state index contributed by atoms with van der Waals surface area (Å²) in [5.41, 5.74) is 5.11. The minimum absolute atomic E-state index is 0.00578. The highest BCUT2D eigenvalue weighted by atomic mass is 16.1. The predicted molar refractivity (Wildman–Crippen MR) is 96.3 cm³/mol. The average molecular weight is 319 g/mol. The third kappa shape index (κ3) is 2.80. The van der Waals surface area contributed by atoms with Crippen molar-refractivity contribution in [1.82, 2.24) is 9.55 Å². The number of para-hydroxylation sites is 2. The molecule has 0 aliphatic heterocycles. The number of fused-ring (bicyclic) bond motifs is 1. The minimum atomic E-state index is -0.00578. The molecule has 3 aromatic rings. The van der Waals surface area contributed by atoms with E-state index < -0.39 is 0 Å². The van der Waals surface area contributed by atoms with Crippen molar-refractivity contribution in [2.45, 2.75) is 39.2 Å². The maximum absolute atomic E-state index is 12.6. The van der Waals surface area contributed by atoms with Crippen LogP contribution in [0.3, 0.4) is 0 Å². The van der Waals surface area contributed by atoms with Crippen LogP contribution in [0.1, 0.15) is 35.7 Å². The lowest BCUT2D eigenvalue weighted by Gasteiger charge is -2.12. The molecule has 4 heteroatoms. The van der Waals surface area contributed by atoms with Gasteiger partial charge in [0, 0.05) is 11.6 Å². The normalized spacial score (nSPS) is 14.1. The molecular weight excluding hydrogens is 298 g/mol. The Balaban J connectivity index is 1.63. The molecule has 122 valence electrons. The first-order valence-corrected chi connectivity index (χ1v) is 8.44. The van der Waals surface area contributed by atoms with Crippen LogP contribution in [-0.4, -0.2) is 15.5 Å². The number of anilines is 1. The number of carbonyl (C=O) groups is 1. The number of hydrogen-bond acceptors (Lipinski definition) is 2. The predicted octanol–water partition coefficient (Wildman–Crippen LogP) is 4.17. The van der Waals surface area contributed by atoms with E-state index in [2.05, 4.69) is 16.0 Å². The van der Waals surface area contributed by atoms with Crippen molar-refractivity contribution in [3.05, 3.63) is 59.4 Å². The van der Waals surface area contributed by atoms with Crippen LogP contribution in [0.15, 0.2) is 42.5 Å². The van der Waals surface area contributed by atoms with Gasteiger partial charge in [-0.2, -0.15) is 0 Å². The number of benzene rings is 2. The Morgan fingerprint density at radius 2 is 2.00 bits per heavy atom. The van der Waals surface area contributed by atoms with Gasteiger partial charge in [0.25, 0.3) is 0 Å². The van der Waals surface area contributed by atoms with Gasteiger partial charge in [-0.05, 0) is 56.0 Å². The Morgan fingerprint density at radius 1 is 1.21 bits per heavy atom. The second-order valence-electron chi connectivity index (χ2n) is 6.69. The zero-order chi connectivity index (χ0) is 16.7. The topological polar surface area (TPSA) is 46.9 Å². The number of aryl methyl sites for hydroxylation is 2. The van der Waals surface area contributed by atoms with Crippen LogP contribution in [0.2, 0.25) is 0 Å². The standard InChI is InChI=1S/C20H21N3O/c1-13-7-8-14(2)17(11-13)21-19(24)12-23-18-6-4-3-5-16(18)22-20(23)15-9-10-15/h3-8,11,15H,9-10,12H2,1-2H3,(H,21,24). The third-order valence-corrected chi connectivity index (χ3v) is 4.60. The lowest BCUT2D eigenvalue weighted by molar-refractivity contribution is -0.116. The Bertz CT molecular complexity index is 922. The van der Waals surface area contributed by atoms with E-state index >= 15 is 0 Å². The molecule has 0 bridgehead atoms. The summed E-state index contributed by atoms with van der Waals surface area (Å²) in [4.78, 5) is 17.4. The minimum Gasteiger partial charge on any atom is -0.324 e. The van der Waals surface area contributed by atoms with Gasteiger partial charge < -0.3 is 9.88 Å². The SMILES string of the molecule is Cc1ccc(C)c(NC(=O)Cn2c(C3CC3)nc3ccccc32)c1. The van der Waals surface area contributed by atoms with E-state index in [9.17, 15) is 4.79 Å². The number of aromatic nitrogens is 2. The summed E-state index contributed by atoms with van der Waals surface area (Å²) in [5, 5.41) is 3.05. The van der Waals surface area contributed by atoms with Gasteiger partial charge in [-0.25, -0.2) is 4.98 Å². The van der Waals surface area contributed by atoms with Crippen LogP contribution in [0.25, 0.3) is 11.0 Å². The zero-order valence-corrected chi connectivity index (χ0v) is 14.0. The molecule has 2 aromatic carbocycles. The van der Waals surface area contributed by atoms with E-state index in [0.29, 0.717) is 12.5 Å². The number of amides is 1. The first kappa shape index (κ1) is 14.9. The van der Waals surface area contributed by atoms with Gasteiger partial charge in [0.15, 0.2) is 0 Å².